The molecule has 3 heterocycles. The highest BCUT2D eigenvalue weighted by Gasteiger charge is 2.24. The zero-order valence-electron chi connectivity index (χ0n) is 16.7. The molecule has 0 bridgehead atoms. The van der Waals surface area contributed by atoms with Gasteiger partial charge in [0.1, 0.15) is 0 Å². The van der Waals surface area contributed by atoms with Crippen molar-refractivity contribution in [1.82, 2.24) is 15.1 Å². The van der Waals surface area contributed by atoms with Crippen molar-refractivity contribution < 1.29 is 9.53 Å². The van der Waals surface area contributed by atoms with Crippen LogP contribution in [0.25, 0.3) is 0 Å². The summed E-state index contributed by atoms with van der Waals surface area (Å²) in [6.07, 6.45) is 3.34. The number of rotatable bonds is 3. The van der Waals surface area contributed by atoms with Gasteiger partial charge in [-0.3, -0.25) is 4.79 Å². The number of aromatic nitrogens is 2. The van der Waals surface area contributed by atoms with Crippen molar-refractivity contribution in [3.05, 3.63) is 47.2 Å². The zero-order valence-corrected chi connectivity index (χ0v) is 16.7. The molecule has 2 fully saturated rings. The van der Waals surface area contributed by atoms with Crippen LogP contribution in [0.15, 0.2) is 30.3 Å². The van der Waals surface area contributed by atoms with E-state index in [0.717, 1.165) is 75.0 Å². The van der Waals surface area contributed by atoms with Gasteiger partial charge < -0.3 is 19.4 Å². The number of hydrogen-bond acceptors (Lipinski definition) is 6. The fourth-order valence-electron chi connectivity index (χ4n) is 4.43. The van der Waals surface area contributed by atoms with Gasteiger partial charge in [0.25, 0.3) is 5.91 Å². The molecule has 7 heteroatoms. The van der Waals surface area contributed by atoms with Gasteiger partial charge in [-0.2, -0.15) is 5.10 Å². The Kier molecular flexibility index (Phi) is 5.06. The summed E-state index contributed by atoms with van der Waals surface area (Å²) in [5.74, 6) is 1.06. The predicted octanol–water partition coefficient (Wildman–Crippen LogP) is 1.76. The fraction of sp³-hybridized carbons (Fsp3) is 0.500. The average molecular weight is 393 g/mol. The Morgan fingerprint density at radius 2 is 1.62 bits per heavy atom. The van der Waals surface area contributed by atoms with Gasteiger partial charge in [-0.15, -0.1) is 5.10 Å². The van der Waals surface area contributed by atoms with Gasteiger partial charge in [0, 0.05) is 50.5 Å². The number of morpholine rings is 1. The maximum atomic E-state index is 12.9. The monoisotopic (exact) mass is 393 g/mol. The Morgan fingerprint density at radius 1 is 0.862 bits per heavy atom. The van der Waals surface area contributed by atoms with Crippen LogP contribution in [0.5, 0.6) is 0 Å². The number of fused-ring (bicyclic) bond motifs is 1. The molecule has 0 radical (unpaired) electrons. The number of benzene rings is 1. The summed E-state index contributed by atoms with van der Waals surface area (Å²) in [6.45, 7) is 6.35. The number of anilines is 2. The van der Waals surface area contributed by atoms with Crippen molar-refractivity contribution in [2.24, 2.45) is 0 Å². The molecule has 3 aliphatic rings. The lowest BCUT2D eigenvalue weighted by atomic mass is 10.1. The molecular weight excluding hydrogens is 366 g/mol. The third-order valence-corrected chi connectivity index (χ3v) is 6.19. The van der Waals surface area contributed by atoms with Crippen LogP contribution >= 0.6 is 0 Å². The van der Waals surface area contributed by atoms with Crippen molar-refractivity contribution in [3.8, 4) is 0 Å². The van der Waals surface area contributed by atoms with Gasteiger partial charge in [-0.05, 0) is 55.2 Å². The fourth-order valence-corrected chi connectivity index (χ4v) is 4.43. The molecule has 0 unspecified atom stereocenters. The van der Waals surface area contributed by atoms with E-state index in [1.54, 1.807) is 0 Å². The molecule has 7 nitrogen and oxygen atoms in total. The van der Waals surface area contributed by atoms with Crippen LogP contribution in [0.2, 0.25) is 0 Å². The minimum Gasteiger partial charge on any atom is -0.378 e. The van der Waals surface area contributed by atoms with Gasteiger partial charge in [0.15, 0.2) is 5.82 Å². The molecule has 5 rings (SSSR count). The first-order valence-corrected chi connectivity index (χ1v) is 10.6. The van der Waals surface area contributed by atoms with Crippen LogP contribution < -0.4 is 9.80 Å². The topological polar surface area (TPSA) is 61.8 Å². The van der Waals surface area contributed by atoms with E-state index < -0.39 is 0 Å². The van der Waals surface area contributed by atoms with E-state index in [0.29, 0.717) is 13.1 Å². The van der Waals surface area contributed by atoms with Gasteiger partial charge in [0.2, 0.25) is 0 Å². The largest absolute Gasteiger partial charge is 0.378 e. The minimum atomic E-state index is 0.109. The van der Waals surface area contributed by atoms with Crippen LogP contribution in [0.1, 0.15) is 28.0 Å². The predicted molar refractivity (Wildman–Crippen MR) is 112 cm³/mol. The average Bonchev–Trinajstić information content (AvgIpc) is 3.27. The molecule has 2 aliphatic heterocycles. The lowest BCUT2D eigenvalue weighted by Gasteiger charge is -2.35. The molecule has 0 N–H and O–H groups in total. The summed E-state index contributed by atoms with van der Waals surface area (Å²) in [5.41, 5.74) is 4.41. The molecule has 2 saturated heterocycles. The molecule has 1 aromatic carbocycles. The number of amides is 1. The Bertz CT molecular complexity index is 871. The molecule has 0 saturated carbocycles. The van der Waals surface area contributed by atoms with Crippen molar-refractivity contribution in [1.29, 1.82) is 0 Å². The second kappa shape index (κ2) is 7.99. The van der Waals surface area contributed by atoms with E-state index in [9.17, 15) is 4.79 Å². The second-order valence-electron chi connectivity index (χ2n) is 7.95. The second-order valence-corrected chi connectivity index (χ2v) is 7.95. The molecular formula is C22H27N5O2. The van der Waals surface area contributed by atoms with Crippen molar-refractivity contribution >= 4 is 17.4 Å². The van der Waals surface area contributed by atoms with Crippen LogP contribution in [0.4, 0.5) is 11.5 Å². The van der Waals surface area contributed by atoms with E-state index in [1.807, 2.05) is 17.0 Å². The summed E-state index contributed by atoms with van der Waals surface area (Å²) in [7, 11) is 0. The Morgan fingerprint density at radius 3 is 2.38 bits per heavy atom. The van der Waals surface area contributed by atoms with Gasteiger partial charge in [-0.1, -0.05) is 0 Å². The van der Waals surface area contributed by atoms with E-state index in [2.05, 4.69) is 38.2 Å². The summed E-state index contributed by atoms with van der Waals surface area (Å²) in [6, 6.07) is 10.2. The van der Waals surface area contributed by atoms with Crippen molar-refractivity contribution in [3.63, 3.8) is 0 Å². The molecule has 2 aromatic rings. The smallest absolute Gasteiger partial charge is 0.253 e. The number of aryl methyl sites for hydroxylation is 2. The van der Waals surface area contributed by atoms with E-state index in [-0.39, 0.29) is 5.91 Å². The maximum absolute atomic E-state index is 12.9. The normalized spacial score (nSPS) is 19.4. The highest BCUT2D eigenvalue weighted by atomic mass is 16.5. The summed E-state index contributed by atoms with van der Waals surface area (Å²) in [5, 5.41) is 8.81. The summed E-state index contributed by atoms with van der Waals surface area (Å²) < 4.78 is 5.41. The minimum absolute atomic E-state index is 0.109. The van der Waals surface area contributed by atoms with Crippen LogP contribution in [-0.4, -0.2) is 73.5 Å². The number of carbonyl (C=O) groups is 1. The summed E-state index contributed by atoms with van der Waals surface area (Å²) >= 11 is 0. The molecule has 1 aliphatic carbocycles. The van der Waals surface area contributed by atoms with E-state index >= 15 is 0 Å². The maximum Gasteiger partial charge on any atom is 0.253 e. The number of hydrogen-bond donors (Lipinski definition) is 0. The lowest BCUT2D eigenvalue weighted by molar-refractivity contribution is 0.0746. The number of ether oxygens (including phenoxy) is 1. The Labute approximate surface area is 171 Å². The summed E-state index contributed by atoms with van der Waals surface area (Å²) in [4.78, 5) is 19.4. The molecule has 0 atom stereocenters. The SMILES string of the molecule is O=C(c1ccc(N2CCOCC2)cc1)N1CCN(c2cc3c(nn2)CCC3)CC1. The zero-order chi connectivity index (χ0) is 19.6. The molecule has 1 aromatic heterocycles. The van der Waals surface area contributed by atoms with Crippen molar-refractivity contribution in [2.45, 2.75) is 19.3 Å². The first-order chi connectivity index (χ1) is 14.3. The Hall–Kier alpha value is -2.67. The number of piperazine rings is 1. The third-order valence-electron chi connectivity index (χ3n) is 6.19. The highest BCUT2D eigenvalue weighted by Crippen LogP contribution is 2.24. The van der Waals surface area contributed by atoms with Crippen LogP contribution in [0, 0.1) is 0 Å². The number of nitrogens with zero attached hydrogens (tertiary/aromatic N) is 5. The quantitative estimate of drug-likeness (QED) is 0.792. The molecule has 1 amide bonds. The van der Waals surface area contributed by atoms with Crippen LogP contribution in [-0.2, 0) is 17.6 Å². The number of carbonyl (C=O) groups excluding carboxylic acids is 1. The molecule has 152 valence electrons. The standard InChI is InChI=1S/C22H27N5O2/c28-22(17-4-6-19(7-5-17)25-12-14-29-15-13-25)27-10-8-26(9-11-27)21-16-18-2-1-3-20(18)23-24-21/h4-7,16H,1-3,8-15H2. The first-order valence-electron chi connectivity index (χ1n) is 10.6. The van der Waals surface area contributed by atoms with E-state index in [4.69, 9.17) is 4.74 Å². The highest BCUT2D eigenvalue weighted by molar-refractivity contribution is 5.94. The van der Waals surface area contributed by atoms with E-state index in [1.165, 1.54) is 12.0 Å². The molecule has 29 heavy (non-hydrogen) atoms. The third kappa shape index (κ3) is 3.79. The Balaban J connectivity index is 1.20. The van der Waals surface area contributed by atoms with Gasteiger partial charge in [-0.25, -0.2) is 0 Å². The first kappa shape index (κ1) is 18.4. The van der Waals surface area contributed by atoms with Gasteiger partial charge in [0.05, 0.1) is 18.9 Å². The molecule has 0 spiro atoms. The lowest BCUT2D eigenvalue weighted by Crippen LogP contribution is -2.49. The van der Waals surface area contributed by atoms with Crippen LogP contribution in [0.3, 0.4) is 0 Å². The van der Waals surface area contributed by atoms with Gasteiger partial charge >= 0.3 is 0 Å². The van der Waals surface area contributed by atoms with Crippen molar-refractivity contribution in [2.75, 3.05) is 62.3 Å².